The van der Waals surface area contributed by atoms with Crippen molar-refractivity contribution in [1.82, 2.24) is 0 Å². The summed E-state index contributed by atoms with van der Waals surface area (Å²) in [5.74, 6) is -0.281. The fourth-order valence-corrected chi connectivity index (χ4v) is 0.691. The van der Waals surface area contributed by atoms with Crippen LogP contribution in [0.15, 0.2) is 0 Å². The summed E-state index contributed by atoms with van der Waals surface area (Å²) >= 11 is -1.01. The Bertz CT molecular complexity index is 61.2. The summed E-state index contributed by atoms with van der Waals surface area (Å²) in [5, 5.41) is 0. The minimum absolute atomic E-state index is 0. The number of carbonyl (C=O) groups excluding carboxylic acids is 1. The van der Waals surface area contributed by atoms with Gasteiger partial charge in [-0.1, -0.05) is 7.43 Å². The molecule has 0 saturated heterocycles. The molecule has 0 rings (SSSR count). The van der Waals surface area contributed by atoms with Gasteiger partial charge in [-0.2, -0.15) is 0 Å². The maximum atomic E-state index is 9.77. The van der Waals surface area contributed by atoms with E-state index < -0.39 is 14.6 Å². The second kappa shape index (κ2) is 10.9. The first kappa shape index (κ1) is 16.0. The van der Waals surface area contributed by atoms with E-state index in [1.807, 2.05) is 0 Å². The third kappa shape index (κ3) is 15.7. The van der Waals surface area contributed by atoms with Crippen LogP contribution in [0, 0.1) is 0 Å². The maximum Gasteiger partial charge on any atom is 0.656 e. The van der Waals surface area contributed by atoms with Crippen molar-refractivity contribution in [1.29, 1.82) is 0 Å². The molecule has 46 valence electrons. The van der Waals surface area contributed by atoms with Crippen molar-refractivity contribution in [2.24, 2.45) is 0 Å². The van der Waals surface area contributed by atoms with Gasteiger partial charge in [0.05, 0.1) is 0 Å². The predicted octanol–water partition coefficient (Wildman–Crippen LogP) is 0.688. The molecule has 0 fully saturated rings. The zero-order valence-electron chi connectivity index (χ0n) is 3.90. The number of hydrogen-bond donors (Lipinski definition) is 0. The van der Waals surface area contributed by atoms with Crippen LogP contribution in [0.1, 0.15) is 14.4 Å². The van der Waals surface area contributed by atoms with Crippen molar-refractivity contribution in [2.75, 3.05) is 0 Å². The Labute approximate surface area is 75.1 Å². The van der Waals surface area contributed by atoms with Crippen molar-refractivity contribution < 1.29 is 30.3 Å². The van der Waals surface area contributed by atoms with E-state index in [1.54, 1.807) is 0 Å². The Morgan fingerprint density at radius 3 is 2.12 bits per heavy atom. The van der Waals surface area contributed by atoms with Gasteiger partial charge in [-0.05, 0) is 0 Å². The summed E-state index contributed by atoms with van der Waals surface area (Å²) in [4.78, 5) is 9.77. The van der Waals surface area contributed by atoms with Gasteiger partial charge >= 0.3 is 14.6 Å². The summed E-state index contributed by atoms with van der Waals surface area (Å²) < 4.78 is 4.31. The van der Waals surface area contributed by atoms with E-state index in [4.69, 9.17) is 10.0 Å². The third-order valence-electron chi connectivity index (χ3n) is 0.258. The number of rotatable bonds is 1. The van der Waals surface area contributed by atoms with Gasteiger partial charge in [-0.15, -0.1) is 0 Å². The van der Waals surface area contributed by atoms with Crippen LogP contribution in [-0.4, -0.2) is 20.6 Å². The molecule has 0 aliphatic rings. The zero-order valence-corrected chi connectivity index (χ0v) is 7.63. The minimum Gasteiger partial charge on any atom is -0.608 e. The third-order valence-corrected chi connectivity index (χ3v) is 1.10. The molecular formula is C3H8AlClO2Ti. The fourth-order valence-electron chi connectivity index (χ4n) is 0.0768. The van der Waals surface area contributed by atoms with Gasteiger partial charge < -0.3 is 3.79 Å². The largest absolute Gasteiger partial charge is 0.656 e. The Hall–Kier alpha value is 1.01. The Morgan fingerprint density at radius 1 is 1.75 bits per heavy atom. The maximum absolute atomic E-state index is 9.77. The quantitative estimate of drug-likeness (QED) is 0.563. The van der Waals surface area contributed by atoms with Crippen LogP contribution in [0.3, 0.4) is 0 Å². The topological polar surface area (TPSA) is 26.3 Å². The van der Waals surface area contributed by atoms with Crippen LogP contribution < -0.4 is 0 Å². The van der Waals surface area contributed by atoms with Crippen LogP contribution >= 0.6 is 10.0 Å². The van der Waals surface area contributed by atoms with E-state index in [1.165, 1.54) is 6.92 Å². The molecule has 0 atom stereocenters. The normalized spacial score (nSPS) is 5.25. The van der Waals surface area contributed by atoms with E-state index in [2.05, 4.69) is 3.79 Å². The van der Waals surface area contributed by atoms with E-state index in [-0.39, 0.29) is 35.1 Å². The van der Waals surface area contributed by atoms with Crippen molar-refractivity contribution in [3.8, 4) is 0 Å². The predicted molar refractivity (Wildman–Crippen MR) is 31.5 cm³/mol. The van der Waals surface area contributed by atoms with Gasteiger partial charge in [0.15, 0.2) is 0 Å². The van der Waals surface area contributed by atoms with Gasteiger partial charge in [0, 0.05) is 28.6 Å². The molecule has 0 aromatic heterocycles. The number of halogens is 1. The molecule has 0 aliphatic carbocycles. The second-order valence-corrected chi connectivity index (χ2v) is 1.91. The van der Waals surface area contributed by atoms with E-state index in [0.717, 1.165) is 0 Å². The molecule has 0 spiro atoms. The van der Waals surface area contributed by atoms with Crippen LogP contribution in [0.4, 0.5) is 0 Å². The Morgan fingerprint density at radius 2 is 2.12 bits per heavy atom. The first-order valence-corrected chi connectivity index (χ1v) is 4.18. The molecule has 0 saturated carbocycles. The van der Waals surface area contributed by atoms with Crippen LogP contribution in [0.2, 0.25) is 0 Å². The Balaban J connectivity index is -0.000000125. The van der Waals surface area contributed by atoms with Crippen molar-refractivity contribution in [3.63, 3.8) is 0 Å². The first-order valence-electron chi connectivity index (χ1n) is 1.46. The fraction of sp³-hybridized carbons (Fsp3) is 0.667. The number of hydrogen-bond acceptors (Lipinski definition) is 2. The summed E-state index contributed by atoms with van der Waals surface area (Å²) in [6.07, 6.45) is 0. The second-order valence-electron chi connectivity index (χ2n) is 0.745. The molecule has 0 aliphatic heterocycles. The first-order chi connectivity index (χ1) is 2.77. The summed E-state index contributed by atoms with van der Waals surface area (Å²) in [6, 6.07) is 0. The molecule has 0 heterocycles. The smallest absolute Gasteiger partial charge is 0.608 e. The molecule has 0 amide bonds. The van der Waals surface area contributed by atoms with Crippen molar-refractivity contribution in [3.05, 3.63) is 0 Å². The molecule has 2 nitrogen and oxygen atoms in total. The van der Waals surface area contributed by atoms with Gasteiger partial charge in [-0.3, -0.25) is 4.79 Å². The van der Waals surface area contributed by atoms with Crippen LogP contribution in [0.25, 0.3) is 0 Å². The van der Waals surface area contributed by atoms with Gasteiger partial charge in [0.2, 0.25) is 0 Å². The minimum atomic E-state index is -1.01. The van der Waals surface area contributed by atoms with Gasteiger partial charge in [0.1, 0.15) is 0 Å². The number of carbonyl (C=O) groups is 1. The zero-order chi connectivity index (χ0) is 4.99. The molecule has 0 aromatic carbocycles. The monoisotopic (exact) mass is 186 g/mol. The summed E-state index contributed by atoms with van der Waals surface area (Å²) in [5.41, 5.74) is 0. The molecule has 5 heteroatoms. The SMILES string of the molecule is C.CC(=O)[O][AlH][Cl].[Ti]. The molecule has 8 heavy (non-hydrogen) atoms. The van der Waals surface area contributed by atoms with Gasteiger partial charge in [0.25, 0.3) is 5.97 Å². The van der Waals surface area contributed by atoms with Crippen molar-refractivity contribution >= 4 is 30.7 Å². The summed E-state index contributed by atoms with van der Waals surface area (Å²) in [6.45, 7) is 1.34. The molecular weight excluding hydrogens is 178 g/mol. The molecule has 0 radical (unpaired) electrons. The van der Waals surface area contributed by atoms with E-state index in [9.17, 15) is 4.79 Å². The average molecular weight is 186 g/mol. The molecule has 0 bridgehead atoms. The molecule has 0 aromatic rings. The summed E-state index contributed by atoms with van der Waals surface area (Å²) in [7, 11) is 5.09. The Kier molecular flexibility index (Phi) is 21.8. The molecule has 0 N–H and O–H groups in total. The standard InChI is InChI=1S/C2H4O2.CH4.Al.ClH.Ti.H/c1-2(3)4;;;;;/h1H3,(H,3,4);1H4;;1H;;/q;;+2;;;/p-2. The van der Waals surface area contributed by atoms with Gasteiger partial charge in [-0.25, -0.2) is 10.0 Å². The van der Waals surface area contributed by atoms with Crippen LogP contribution in [0.5, 0.6) is 0 Å². The van der Waals surface area contributed by atoms with Crippen molar-refractivity contribution in [2.45, 2.75) is 14.4 Å². The van der Waals surface area contributed by atoms with E-state index in [0.29, 0.717) is 0 Å². The molecule has 0 unspecified atom stereocenters. The van der Waals surface area contributed by atoms with E-state index >= 15 is 0 Å². The average Bonchev–Trinajstić information content (AvgIpc) is 1.35. The van der Waals surface area contributed by atoms with Crippen LogP contribution in [-0.2, 0) is 30.3 Å².